The summed E-state index contributed by atoms with van der Waals surface area (Å²) in [6, 6.07) is 12.5. The molecule has 0 bridgehead atoms. The van der Waals surface area contributed by atoms with Crippen LogP contribution in [0.1, 0.15) is 30.5 Å². The largest absolute Gasteiger partial charge is 0.496 e. The first-order valence-electron chi connectivity index (χ1n) is 6.98. The van der Waals surface area contributed by atoms with Crippen LogP contribution in [0.4, 0.5) is 4.39 Å². The molecule has 2 nitrogen and oxygen atoms in total. The molecule has 0 saturated heterocycles. The van der Waals surface area contributed by atoms with Crippen molar-refractivity contribution in [2.75, 3.05) is 13.7 Å². The Bertz CT molecular complexity index is 603. The molecule has 2 aromatic rings. The highest BCUT2D eigenvalue weighted by Gasteiger charge is 2.18. The molecule has 0 aliphatic heterocycles. The first-order chi connectivity index (χ1) is 10.2. The predicted molar refractivity (Wildman–Crippen MR) is 87.2 cm³/mol. The zero-order valence-electron chi connectivity index (χ0n) is 12.2. The summed E-state index contributed by atoms with van der Waals surface area (Å²) in [4.78, 5) is 0. The summed E-state index contributed by atoms with van der Waals surface area (Å²) in [5.41, 5.74) is 1.88. The lowest BCUT2D eigenvalue weighted by Gasteiger charge is -2.22. The van der Waals surface area contributed by atoms with Crippen LogP contribution in [0.5, 0.6) is 5.75 Å². The first kappa shape index (κ1) is 16.0. The molecule has 1 unspecified atom stereocenters. The molecule has 4 heteroatoms. The average molecular weight is 352 g/mol. The zero-order valence-corrected chi connectivity index (χ0v) is 13.8. The molecule has 0 amide bonds. The first-order valence-corrected chi connectivity index (χ1v) is 7.77. The van der Waals surface area contributed by atoms with Gasteiger partial charge in [0.15, 0.2) is 0 Å². The molecule has 0 aliphatic rings. The van der Waals surface area contributed by atoms with Crippen molar-refractivity contribution in [2.45, 2.75) is 19.4 Å². The quantitative estimate of drug-likeness (QED) is 0.815. The second-order valence-corrected chi connectivity index (χ2v) is 5.74. The lowest BCUT2D eigenvalue weighted by molar-refractivity contribution is 0.402. The van der Waals surface area contributed by atoms with Crippen LogP contribution < -0.4 is 10.1 Å². The number of benzene rings is 2. The molecule has 0 saturated carbocycles. The number of nitrogens with one attached hydrogen (secondary N) is 1. The minimum Gasteiger partial charge on any atom is -0.496 e. The van der Waals surface area contributed by atoms with Gasteiger partial charge in [-0.2, -0.15) is 0 Å². The van der Waals surface area contributed by atoms with E-state index in [1.54, 1.807) is 13.2 Å². The normalized spacial score (nSPS) is 12.2. The van der Waals surface area contributed by atoms with E-state index in [4.69, 9.17) is 4.74 Å². The van der Waals surface area contributed by atoms with Crippen molar-refractivity contribution in [3.8, 4) is 5.75 Å². The van der Waals surface area contributed by atoms with Gasteiger partial charge in [-0.1, -0.05) is 35.0 Å². The van der Waals surface area contributed by atoms with Crippen molar-refractivity contribution < 1.29 is 9.13 Å². The van der Waals surface area contributed by atoms with E-state index in [-0.39, 0.29) is 11.9 Å². The molecule has 0 heterocycles. The highest BCUT2D eigenvalue weighted by Crippen LogP contribution is 2.31. The van der Waals surface area contributed by atoms with Crippen molar-refractivity contribution >= 4 is 15.9 Å². The average Bonchev–Trinajstić information content (AvgIpc) is 2.48. The molecule has 2 aromatic carbocycles. The van der Waals surface area contributed by atoms with E-state index in [1.165, 1.54) is 12.1 Å². The van der Waals surface area contributed by atoms with Crippen LogP contribution in [-0.4, -0.2) is 13.7 Å². The predicted octanol–water partition coefficient (Wildman–Crippen LogP) is 4.69. The summed E-state index contributed by atoms with van der Waals surface area (Å²) in [6.45, 7) is 2.95. The van der Waals surface area contributed by atoms with Gasteiger partial charge in [0.1, 0.15) is 11.6 Å². The number of methoxy groups -OCH3 is 1. The maximum Gasteiger partial charge on any atom is 0.124 e. The number of hydrogen-bond acceptors (Lipinski definition) is 2. The van der Waals surface area contributed by atoms with Crippen LogP contribution in [0.3, 0.4) is 0 Å². The number of halogens is 2. The molecule has 0 aromatic heterocycles. The van der Waals surface area contributed by atoms with Gasteiger partial charge in [0.25, 0.3) is 0 Å². The lowest BCUT2D eigenvalue weighted by Crippen LogP contribution is -2.23. The third-order valence-corrected chi connectivity index (χ3v) is 3.78. The van der Waals surface area contributed by atoms with Gasteiger partial charge in [-0.25, -0.2) is 4.39 Å². The summed E-state index contributed by atoms with van der Waals surface area (Å²) in [7, 11) is 1.61. The van der Waals surface area contributed by atoms with E-state index < -0.39 is 0 Å². The summed E-state index contributed by atoms with van der Waals surface area (Å²) in [5.74, 6) is 0.425. The summed E-state index contributed by atoms with van der Waals surface area (Å²) in [5, 5.41) is 3.46. The van der Waals surface area contributed by atoms with Crippen molar-refractivity contribution in [3.63, 3.8) is 0 Å². The van der Waals surface area contributed by atoms with Gasteiger partial charge in [-0.3, -0.25) is 0 Å². The van der Waals surface area contributed by atoms with Crippen molar-refractivity contribution in [1.29, 1.82) is 0 Å². The van der Waals surface area contributed by atoms with E-state index >= 15 is 0 Å². The Morgan fingerprint density at radius 2 is 2.05 bits per heavy atom. The number of rotatable bonds is 6. The Kier molecular flexibility index (Phi) is 5.76. The van der Waals surface area contributed by atoms with E-state index in [0.717, 1.165) is 28.6 Å². The smallest absolute Gasteiger partial charge is 0.124 e. The van der Waals surface area contributed by atoms with Crippen molar-refractivity contribution in [3.05, 3.63) is 63.9 Å². The van der Waals surface area contributed by atoms with E-state index in [0.29, 0.717) is 5.75 Å². The molecule has 1 N–H and O–H groups in total. The van der Waals surface area contributed by atoms with Gasteiger partial charge in [-0.15, -0.1) is 0 Å². The van der Waals surface area contributed by atoms with Crippen LogP contribution in [0.25, 0.3) is 0 Å². The molecule has 0 aliphatic carbocycles. The molecule has 0 radical (unpaired) electrons. The van der Waals surface area contributed by atoms with Crippen molar-refractivity contribution in [2.24, 2.45) is 0 Å². The van der Waals surface area contributed by atoms with Gasteiger partial charge >= 0.3 is 0 Å². The van der Waals surface area contributed by atoms with Gasteiger partial charge in [0.05, 0.1) is 13.2 Å². The third kappa shape index (κ3) is 4.05. The minimum atomic E-state index is -0.260. The molecule has 2 rings (SSSR count). The van der Waals surface area contributed by atoms with E-state index in [9.17, 15) is 4.39 Å². The van der Waals surface area contributed by atoms with Gasteiger partial charge in [0, 0.05) is 10.0 Å². The standard InChI is InChI=1S/C17H19BrFNO/c1-3-9-20-17(12-5-4-6-13(18)10-12)15-11-14(19)7-8-16(15)21-2/h4-8,10-11,17,20H,3,9H2,1-2H3. The Morgan fingerprint density at radius 3 is 2.71 bits per heavy atom. The van der Waals surface area contributed by atoms with Crippen LogP contribution in [-0.2, 0) is 0 Å². The molecular weight excluding hydrogens is 333 g/mol. The Hall–Kier alpha value is -1.39. The molecule has 21 heavy (non-hydrogen) atoms. The molecule has 1 atom stereocenters. The molecule has 0 spiro atoms. The molecular formula is C17H19BrFNO. The maximum absolute atomic E-state index is 13.7. The Labute approximate surface area is 133 Å². The number of hydrogen-bond donors (Lipinski definition) is 1. The minimum absolute atomic E-state index is 0.104. The van der Waals surface area contributed by atoms with E-state index in [1.807, 2.05) is 24.3 Å². The topological polar surface area (TPSA) is 21.3 Å². The number of ether oxygens (including phenoxy) is 1. The third-order valence-electron chi connectivity index (χ3n) is 3.28. The van der Waals surface area contributed by atoms with Gasteiger partial charge in [0.2, 0.25) is 0 Å². The second kappa shape index (κ2) is 7.57. The Balaban J connectivity index is 2.47. The highest BCUT2D eigenvalue weighted by atomic mass is 79.9. The molecule has 112 valence electrons. The van der Waals surface area contributed by atoms with Gasteiger partial charge < -0.3 is 10.1 Å². The van der Waals surface area contributed by atoms with Crippen LogP contribution in [0, 0.1) is 5.82 Å². The summed E-state index contributed by atoms with van der Waals surface area (Å²) >= 11 is 3.49. The van der Waals surface area contributed by atoms with Crippen LogP contribution in [0.15, 0.2) is 46.9 Å². The lowest BCUT2D eigenvalue weighted by atomic mass is 9.97. The van der Waals surface area contributed by atoms with Crippen LogP contribution >= 0.6 is 15.9 Å². The van der Waals surface area contributed by atoms with E-state index in [2.05, 4.69) is 28.2 Å². The molecule has 0 fully saturated rings. The van der Waals surface area contributed by atoms with Gasteiger partial charge in [-0.05, 0) is 48.9 Å². The second-order valence-electron chi connectivity index (χ2n) is 4.83. The SMILES string of the molecule is CCCNC(c1cccc(Br)c1)c1cc(F)ccc1OC. The van der Waals surface area contributed by atoms with Crippen LogP contribution in [0.2, 0.25) is 0 Å². The summed E-state index contributed by atoms with van der Waals surface area (Å²) in [6.07, 6.45) is 1.00. The fraction of sp³-hybridized carbons (Fsp3) is 0.294. The highest BCUT2D eigenvalue weighted by molar-refractivity contribution is 9.10. The maximum atomic E-state index is 13.7. The monoisotopic (exact) mass is 351 g/mol. The zero-order chi connectivity index (χ0) is 15.2. The fourth-order valence-electron chi connectivity index (χ4n) is 2.31. The summed E-state index contributed by atoms with van der Waals surface area (Å²) < 4.78 is 20.1. The fourth-order valence-corrected chi connectivity index (χ4v) is 2.73. The Morgan fingerprint density at radius 1 is 1.24 bits per heavy atom. The van der Waals surface area contributed by atoms with Crippen molar-refractivity contribution in [1.82, 2.24) is 5.32 Å².